The number of rotatable bonds is 8. The first-order valence-corrected chi connectivity index (χ1v) is 8.56. The minimum atomic E-state index is 0.108. The van der Waals surface area contributed by atoms with E-state index >= 15 is 0 Å². The van der Waals surface area contributed by atoms with Crippen LogP contribution in [0.1, 0.15) is 52.4 Å². The third kappa shape index (κ3) is 5.72. The van der Waals surface area contributed by atoms with Gasteiger partial charge in [0.05, 0.1) is 4.71 Å². The Balaban J connectivity index is 2.38. The van der Waals surface area contributed by atoms with Gasteiger partial charge in [-0.2, -0.15) is 0 Å². The van der Waals surface area contributed by atoms with E-state index in [1.807, 2.05) is 0 Å². The van der Waals surface area contributed by atoms with Gasteiger partial charge in [0, 0.05) is 32.2 Å². The van der Waals surface area contributed by atoms with Crippen molar-refractivity contribution in [3.8, 4) is 0 Å². The molecular formula is C14H30N2S2. The summed E-state index contributed by atoms with van der Waals surface area (Å²) >= 11 is 8.81. The second-order valence-electron chi connectivity index (χ2n) is 5.36. The van der Waals surface area contributed by atoms with Gasteiger partial charge in [0.25, 0.3) is 0 Å². The maximum Gasteiger partial charge on any atom is 0.0970 e. The second-order valence-corrected chi connectivity index (χ2v) is 6.74. The van der Waals surface area contributed by atoms with Crippen molar-refractivity contribution in [2.75, 3.05) is 26.2 Å². The molecule has 18 heavy (non-hydrogen) atoms. The topological polar surface area (TPSA) is 6.48 Å². The number of hydrogen-bond acceptors (Lipinski definition) is 4. The summed E-state index contributed by atoms with van der Waals surface area (Å²) in [6, 6.07) is 0.810. The van der Waals surface area contributed by atoms with E-state index in [1.54, 1.807) is 0 Å². The summed E-state index contributed by atoms with van der Waals surface area (Å²) < 4.78 is 0.108. The minimum absolute atomic E-state index is 0.108. The van der Waals surface area contributed by atoms with Crippen molar-refractivity contribution in [3.63, 3.8) is 0 Å². The standard InChI is InChI=1S/C14H30N2S2/c1-3-5-7-13(8-6-4-2)15-9-11-16(12-10-15)14(17)18/h13-14,17-18H,3-12H2,1-2H3. The Kier molecular flexibility index (Phi) is 8.81. The van der Waals surface area contributed by atoms with Crippen LogP contribution in [0.2, 0.25) is 0 Å². The normalized spacial score (nSPS) is 19.0. The van der Waals surface area contributed by atoms with E-state index in [-0.39, 0.29) is 4.71 Å². The van der Waals surface area contributed by atoms with Crippen LogP contribution >= 0.6 is 25.3 Å². The van der Waals surface area contributed by atoms with Crippen molar-refractivity contribution < 1.29 is 0 Å². The molecule has 108 valence electrons. The molecule has 2 nitrogen and oxygen atoms in total. The highest BCUT2D eigenvalue weighted by molar-refractivity contribution is 7.99. The Morgan fingerprint density at radius 2 is 1.28 bits per heavy atom. The van der Waals surface area contributed by atoms with Gasteiger partial charge in [0.2, 0.25) is 0 Å². The molecule has 0 spiro atoms. The third-order valence-electron chi connectivity index (χ3n) is 3.97. The van der Waals surface area contributed by atoms with Crippen LogP contribution in [0, 0.1) is 0 Å². The van der Waals surface area contributed by atoms with Crippen LogP contribution in [0.25, 0.3) is 0 Å². The highest BCUT2D eigenvalue weighted by Crippen LogP contribution is 2.19. The fourth-order valence-corrected chi connectivity index (χ4v) is 3.18. The van der Waals surface area contributed by atoms with Crippen molar-refractivity contribution in [2.24, 2.45) is 0 Å². The summed E-state index contributed by atoms with van der Waals surface area (Å²) in [6.07, 6.45) is 8.13. The summed E-state index contributed by atoms with van der Waals surface area (Å²) in [7, 11) is 0. The van der Waals surface area contributed by atoms with E-state index < -0.39 is 0 Å². The van der Waals surface area contributed by atoms with Crippen LogP contribution in [0.3, 0.4) is 0 Å². The number of hydrogen-bond donors (Lipinski definition) is 2. The zero-order valence-electron chi connectivity index (χ0n) is 12.0. The van der Waals surface area contributed by atoms with E-state index in [2.05, 4.69) is 48.9 Å². The first-order valence-electron chi connectivity index (χ1n) is 7.53. The van der Waals surface area contributed by atoms with Crippen LogP contribution in [0.15, 0.2) is 0 Å². The lowest BCUT2D eigenvalue weighted by atomic mass is 10.0. The summed E-state index contributed by atoms with van der Waals surface area (Å²) in [6.45, 7) is 9.20. The van der Waals surface area contributed by atoms with E-state index in [0.717, 1.165) is 19.1 Å². The van der Waals surface area contributed by atoms with Gasteiger partial charge in [-0.05, 0) is 12.8 Å². The molecule has 1 rings (SSSR count). The van der Waals surface area contributed by atoms with Crippen molar-refractivity contribution >= 4 is 25.3 Å². The largest absolute Gasteiger partial charge is 0.298 e. The number of unbranched alkanes of at least 4 members (excludes halogenated alkanes) is 2. The van der Waals surface area contributed by atoms with Crippen molar-refractivity contribution in [1.82, 2.24) is 9.80 Å². The molecule has 0 aromatic rings. The van der Waals surface area contributed by atoms with Gasteiger partial charge in [-0.15, -0.1) is 25.3 Å². The zero-order chi connectivity index (χ0) is 13.4. The molecule has 1 heterocycles. The van der Waals surface area contributed by atoms with Crippen molar-refractivity contribution in [1.29, 1.82) is 0 Å². The molecular weight excluding hydrogens is 260 g/mol. The van der Waals surface area contributed by atoms with E-state index in [9.17, 15) is 0 Å². The molecule has 0 amide bonds. The predicted octanol–water partition coefficient (Wildman–Crippen LogP) is 3.50. The fourth-order valence-electron chi connectivity index (χ4n) is 2.72. The molecule has 0 aromatic heterocycles. The molecule has 0 N–H and O–H groups in total. The SMILES string of the molecule is CCCCC(CCCC)N1CCN(C(S)S)CC1. The van der Waals surface area contributed by atoms with E-state index in [0.29, 0.717) is 0 Å². The molecule has 1 saturated heterocycles. The summed E-state index contributed by atoms with van der Waals surface area (Å²) in [5, 5.41) is 0. The van der Waals surface area contributed by atoms with E-state index in [4.69, 9.17) is 0 Å². The Labute approximate surface area is 124 Å². The molecule has 0 bridgehead atoms. The quantitative estimate of drug-likeness (QED) is 0.522. The first kappa shape index (κ1) is 16.7. The Morgan fingerprint density at radius 1 is 0.833 bits per heavy atom. The number of thiol groups is 2. The molecule has 0 saturated carbocycles. The Morgan fingerprint density at radius 3 is 1.67 bits per heavy atom. The molecule has 0 aromatic carbocycles. The third-order valence-corrected chi connectivity index (χ3v) is 4.63. The maximum atomic E-state index is 4.41. The minimum Gasteiger partial charge on any atom is -0.298 e. The predicted molar refractivity (Wildman–Crippen MR) is 87.7 cm³/mol. The number of piperazine rings is 1. The molecule has 1 fully saturated rings. The van der Waals surface area contributed by atoms with E-state index in [1.165, 1.54) is 51.6 Å². The molecule has 0 atom stereocenters. The molecule has 0 aliphatic carbocycles. The van der Waals surface area contributed by atoms with Crippen LogP contribution in [0.4, 0.5) is 0 Å². The fraction of sp³-hybridized carbons (Fsp3) is 1.00. The lowest BCUT2D eigenvalue weighted by Gasteiger charge is -2.40. The van der Waals surface area contributed by atoms with Gasteiger partial charge in [-0.25, -0.2) is 0 Å². The monoisotopic (exact) mass is 290 g/mol. The molecule has 0 unspecified atom stereocenters. The zero-order valence-corrected chi connectivity index (χ0v) is 13.8. The van der Waals surface area contributed by atoms with Crippen molar-refractivity contribution in [3.05, 3.63) is 0 Å². The summed E-state index contributed by atoms with van der Waals surface area (Å²) in [4.78, 5) is 5.05. The highest BCUT2D eigenvalue weighted by atomic mass is 32.2. The van der Waals surface area contributed by atoms with Crippen molar-refractivity contribution in [2.45, 2.75) is 63.1 Å². The summed E-state index contributed by atoms with van der Waals surface area (Å²) in [5.41, 5.74) is 0. The average Bonchev–Trinajstić information content (AvgIpc) is 2.39. The summed E-state index contributed by atoms with van der Waals surface area (Å²) in [5.74, 6) is 0. The Hall–Kier alpha value is 0.620. The maximum absolute atomic E-state index is 4.41. The van der Waals surface area contributed by atoms with Gasteiger partial charge in [0.15, 0.2) is 0 Å². The number of nitrogens with zero attached hydrogens (tertiary/aromatic N) is 2. The lowest BCUT2D eigenvalue weighted by molar-refractivity contribution is 0.0928. The van der Waals surface area contributed by atoms with Crippen LogP contribution in [0.5, 0.6) is 0 Å². The smallest absolute Gasteiger partial charge is 0.0970 e. The van der Waals surface area contributed by atoms with Crippen LogP contribution in [-0.4, -0.2) is 46.7 Å². The van der Waals surface area contributed by atoms with Gasteiger partial charge in [0.1, 0.15) is 0 Å². The van der Waals surface area contributed by atoms with Crippen LogP contribution in [-0.2, 0) is 0 Å². The van der Waals surface area contributed by atoms with Gasteiger partial charge < -0.3 is 0 Å². The average molecular weight is 291 g/mol. The highest BCUT2D eigenvalue weighted by Gasteiger charge is 2.24. The van der Waals surface area contributed by atoms with Gasteiger partial charge >= 0.3 is 0 Å². The first-order chi connectivity index (χ1) is 8.69. The molecule has 0 radical (unpaired) electrons. The lowest BCUT2D eigenvalue weighted by Crippen LogP contribution is -2.51. The van der Waals surface area contributed by atoms with Gasteiger partial charge in [-0.1, -0.05) is 39.5 Å². The molecule has 1 aliphatic heterocycles. The van der Waals surface area contributed by atoms with Gasteiger partial charge in [-0.3, -0.25) is 9.80 Å². The second kappa shape index (κ2) is 9.51. The van der Waals surface area contributed by atoms with Crippen LogP contribution < -0.4 is 0 Å². The Bertz CT molecular complexity index is 196. The molecule has 1 aliphatic rings. The molecule has 4 heteroatoms.